The van der Waals surface area contributed by atoms with Crippen molar-refractivity contribution in [3.05, 3.63) is 11.5 Å². The third-order valence-corrected chi connectivity index (χ3v) is 3.71. The smallest absolute Gasteiger partial charge is 0.158 e. The predicted octanol–water partition coefficient (Wildman–Crippen LogP) is 2.68. The van der Waals surface area contributed by atoms with Gasteiger partial charge in [-0.05, 0) is 26.2 Å². The Balaban J connectivity index is 2.17. The summed E-state index contributed by atoms with van der Waals surface area (Å²) < 4.78 is 9.27. The quantitative estimate of drug-likeness (QED) is 0.556. The molecule has 20 heavy (non-hydrogen) atoms. The molecule has 0 radical (unpaired) electrons. The first-order chi connectivity index (χ1) is 9.69. The highest BCUT2D eigenvalue weighted by Crippen LogP contribution is 2.20. The fourth-order valence-electron chi connectivity index (χ4n) is 2.58. The molecular formula is C14H23ClN4O. The maximum Gasteiger partial charge on any atom is 0.158 e. The average molecular weight is 299 g/mol. The van der Waals surface area contributed by atoms with E-state index in [0.717, 1.165) is 61.5 Å². The topological polar surface area (TPSA) is 44.9 Å². The van der Waals surface area contributed by atoms with E-state index in [1.807, 2.05) is 18.7 Å². The number of nitrogens with zero attached hydrogens (tertiary/aromatic N) is 4. The molecule has 2 aromatic heterocycles. The van der Waals surface area contributed by atoms with Gasteiger partial charge in [-0.15, -0.1) is 11.6 Å². The Kier molecular flexibility index (Phi) is 5.43. The van der Waals surface area contributed by atoms with Crippen LogP contribution in [0, 0.1) is 6.92 Å². The van der Waals surface area contributed by atoms with Crippen molar-refractivity contribution in [2.45, 2.75) is 39.2 Å². The number of methoxy groups -OCH3 is 1. The van der Waals surface area contributed by atoms with E-state index >= 15 is 0 Å². The normalized spacial score (nSPS) is 11.6. The zero-order valence-corrected chi connectivity index (χ0v) is 13.3. The lowest BCUT2D eigenvalue weighted by molar-refractivity contribution is 0.191. The van der Waals surface area contributed by atoms with E-state index in [9.17, 15) is 0 Å². The molecule has 2 rings (SSSR count). The molecule has 0 aliphatic heterocycles. The first-order valence-corrected chi connectivity index (χ1v) is 7.66. The molecule has 0 fully saturated rings. The van der Waals surface area contributed by atoms with Crippen LogP contribution in [0.2, 0.25) is 0 Å². The highest BCUT2D eigenvalue weighted by molar-refractivity contribution is 6.17. The van der Waals surface area contributed by atoms with Crippen LogP contribution in [-0.4, -0.2) is 38.9 Å². The molecule has 0 atom stereocenters. The zero-order valence-electron chi connectivity index (χ0n) is 12.5. The number of hydrogen-bond acceptors (Lipinski definition) is 3. The Morgan fingerprint density at radius 2 is 2.05 bits per heavy atom. The molecule has 2 aromatic rings. The van der Waals surface area contributed by atoms with Crippen LogP contribution in [0.15, 0.2) is 0 Å². The van der Waals surface area contributed by atoms with Gasteiger partial charge < -0.3 is 9.30 Å². The molecule has 0 N–H and O–H groups in total. The van der Waals surface area contributed by atoms with E-state index in [4.69, 9.17) is 21.3 Å². The number of halogens is 1. The first kappa shape index (κ1) is 15.3. The van der Waals surface area contributed by atoms with Crippen LogP contribution in [0.1, 0.15) is 30.8 Å². The van der Waals surface area contributed by atoms with Crippen molar-refractivity contribution < 1.29 is 4.74 Å². The van der Waals surface area contributed by atoms with Crippen molar-refractivity contribution in [3.63, 3.8) is 0 Å². The van der Waals surface area contributed by atoms with Crippen molar-refractivity contribution in [2.24, 2.45) is 7.05 Å². The lowest BCUT2D eigenvalue weighted by atomic mass is 10.2. The van der Waals surface area contributed by atoms with Gasteiger partial charge in [0.15, 0.2) is 5.65 Å². The number of imidazole rings is 1. The number of alkyl halides is 1. The third-order valence-electron chi connectivity index (χ3n) is 3.52. The van der Waals surface area contributed by atoms with E-state index < -0.39 is 0 Å². The van der Waals surface area contributed by atoms with Crippen LogP contribution in [0.25, 0.3) is 11.2 Å². The first-order valence-electron chi connectivity index (χ1n) is 7.12. The van der Waals surface area contributed by atoms with Crippen molar-refractivity contribution in [1.29, 1.82) is 0 Å². The average Bonchev–Trinajstić information content (AvgIpc) is 2.90. The van der Waals surface area contributed by atoms with Crippen LogP contribution < -0.4 is 0 Å². The van der Waals surface area contributed by atoms with Crippen LogP contribution in [0.5, 0.6) is 0 Å². The SMILES string of the molecule is COCCCCCn1c(CCCl)nc2c(C)nn(C)c21. The second-order valence-electron chi connectivity index (χ2n) is 5.05. The fraction of sp³-hybridized carbons (Fsp3) is 0.714. The van der Waals surface area contributed by atoms with Crippen LogP contribution in [0.3, 0.4) is 0 Å². The Hall–Kier alpha value is -1.07. The Bertz CT molecular complexity index is 561. The maximum atomic E-state index is 5.89. The van der Waals surface area contributed by atoms with Gasteiger partial charge in [-0.2, -0.15) is 5.10 Å². The fourth-order valence-corrected chi connectivity index (χ4v) is 2.75. The molecule has 0 amide bonds. The molecule has 0 spiro atoms. The molecule has 0 bridgehead atoms. The number of aromatic nitrogens is 4. The predicted molar refractivity (Wildman–Crippen MR) is 81.4 cm³/mol. The zero-order chi connectivity index (χ0) is 14.5. The van der Waals surface area contributed by atoms with E-state index in [2.05, 4.69) is 9.67 Å². The number of unbranched alkanes of at least 4 members (excludes halogenated alkanes) is 2. The van der Waals surface area contributed by atoms with Gasteiger partial charge in [0.05, 0.1) is 5.69 Å². The van der Waals surface area contributed by atoms with Crippen molar-refractivity contribution >= 4 is 22.8 Å². The number of fused-ring (bicyclic) bond motifs is 1. The van der Waals surface area contributed by atoms with Crippen molar-refractivity contribution in [2.75, 3.05) is 19.6 Å². The number of ether oxygens (including phenoxy) is 1. The Labute approximate surface area is 124 Å². The van der Waals surface area contributed by atoms with Crippen LogP contribution in [-0.2, 0) is 24.8 Å². The summed E-state index contributed by atoms with van der Waals surface area (Å²) in [5.74, 6) is 1.66. The number of aryl methyl sites for hydroxylation is 4. The van der Waals surface area contributed by atoms with Crippen LogP contribution >= 0.6 is 11.6 Å². The maximum absolute atomic E-state index is 5.89. The summed E-state index contributed by atoms with van der Waals surface area (Å²) in [7, 11) is 3.72. The minimum atomic E-state index is 0.597. The highest BCUT2D eigenvalue weighted by Gasteiger charge is 2.16. The van der Waals surface area contributed by atoms with Gasteiger partial charge in [-0.3, -0.25) is 4.68 Å². The molecule has 2 heterocycles. The second-order valence-corrected chi connectivity index (χ2v) is 5.43. The molecule has 0 unspecified atom stereocenters. The molecule has 112 valence electrons. The van der Waals surface area contributed by atoms with Gasteiger partial charge in [0.1, 0.15) is 11.3 Å². The largest absolute Gasteiger partial charge is 0.385 e. The van der Waals surface area contributed by atoms with E-state index in [-0.39, 0.29) is 0 Å². The van der Waals surface area contributed by atoms with Gasteiger partial charge in [-0.25, -0.2) is 4.98 Å². The summed E-state index contributed by atoms with van der Waals surface area (Å²) in [6.07, 6.45) is 4.18. The highest BCUT2D eigenvalue weighted by atomic mass is 35.5. The Morgan fingerprint density at radius 3 is 2.75 bits per heavy atom. The summed E-state index contributed by atoms with van der Waals surface area (Å²) in [5, 5.41) is 4.45. The molecule has 0 aliphatic carbocycles. The van der Waals surface area contributed by atoms with E-state index in [1.165, 1.54) is 0 Å². The summed E-state index contributed by atoms with van der Waals surface area (Å²) in [5.41, 5.74) is 3.09. The molecule has 6 heteroatoms. The monoisotopic (exact) mass is 298 g/mol. The standard InChI is InChI=1S/C14H23ClN4O/c1-11-13-14(18(2)17-11)19(12(16-13)7-8-15)9-5-4-6-10-20-3/h4-10H2,1-3H3. The van der Waals surface area contributed by atoms with Crippen LogP contribution in [0.4, 0.5) is 0 Å². The summed E-state index contributed by atoms with van der Waals surface area (Å²) in [4.78, 5) is 4.71. The summed E-state index contributed by atoms with van der Waals surface area (Å²) in [6, 6.07) is 0. The minimum Gasteiger partial charge on any atom is -0.385 e. The van der Waals surface area contributed by atoms with Gasteiger partial charge in [0.2, 0.25) is 0 Å². The van der Waals surface area contributed by atoms with Gasteiger partial charge in [0.25, 0.3) is 0 Å². The number of hydrogen-bond donors (Lipinski definition) is 0. The summed E-state index contributed by atoms with van der Waals surface area (Å²) >= 11 is 5.89. The van der Waals surface area contributed by atoms with Crippen molar-refractivity contribution in [3.8, 4) is 0 Å². The summed E-state index contributed by atoms with van der Waals surface area (Å²) in [6.45, 7) is 3.80. The molecule has 5 nitrogen and oxygen atoms in total. The Morgan fingerprint density at radius 1 is 1.25 bits per heavy atom. The molecular weight excluding hydrogens is 276 g/mol. The molecule has 0 aliphatic rings. The number of rotatable bonds is 8. The third kappa shape index (κ3) is 3.15. The molecule has 0 saturated carbocycles. The van der Waals surface area contributed by atoms with Gasteiger partial charge in [-0.1, -0.05) is 0 Å². The molecule has 0 saturated heterocycles. The van der Waals surface area contributed by atoms with E-state index in [0.29, 0.717) is 5.88 Å². The minimum absolute atomic E-state index is 0.597. The van der Waals surface area contributed by atoms with E-state index in [1.54, 1.807) is 7.11 Å². The lowest BCUT2D eigenvalue weighted by Crippen LogP contribution is -2.08. The van der Waals surface area contributed by atoms with Gasteiger partial charge in [0, 0.05) is 39.6 Å². The van der Waals surface area contributed by atoms with Gasteiger partial charge >= 0.3 is 0 Å². The lowest BCUT2D eigenvalue weighted by Gasteiger charge is -2.09. The molecule has 0 aromatic carbocycles. The second kappa shape index (κ2) is 7.09. The van der Waals surface area contributed by atoms with Crippen molar-refractivity contribution in [1.82, 2.24) is 19.3 Å².